The first kappa shape index (κ1) is 8.36. The lowest BCUT2D eigenvalue weighted by molar-refractivity contribution is 0.732. The van der Waals surface area contributed by atoms with Crippen LogP contribution in [0.3, 0.4) is 0 Å². The number of nitrogens with one attached hydrogen (secondary N) is 1. The topological polar surface area (TPSA) is 12.0 Å². The van der Waals surface area contributed by atoms with Gasteiger partial charge in [-0.2, -0.15) is 0 Å². The maximum absolute atomic E-state index is 3.29. The Kier molecular flexibility index (Phi) is 2.09. The summed E-state index contributed by atoms with van der Waals surface area (Å²) in [5.41, 5.74) is 4.16. The minimum absolute atomic E-state index is 0.532. The van der Waals surface area contributed by atoms with Gasteiger partial charge in [0.25, 0.3) is 0 Å². The first-order valence-corrected chi connectivity index (χ1v) is 4.78. The predicted molar refractivity (Wildman–Crippen MR) is 56.2 cm³/mol. The van der Waals surface area contributed by atoms with Gasteiger partial charge in [0.1, 0.15) is 0 Å². The Morgan fingerprint density at radius 3 is 2.85 bits per heavy atom. The number of allylic oxidation sites excluding steroid dienone is 7. The Labute approximate surface area is 79.5 Å². The van der Waals surface area contributed by atoms with Crippen LogP contribution in [0.1, 0.15) is 13.3 Å². The number of hydrogen-bond acceptors (Lipinski definition) is 1. The molecule has 0 fully saturated rings. The molecule has 0 heterocycles. The largest absolute Gasteiger partial charge is 0.391 e. The summed E-state index contributed by atoms with van der Waals surface area (Å²) in [5.74, 6) is 0.532. The molecule has 0 amide bonds. The summed E-state index contributed by atoms with van der Waals surface area (Å²) in [7, 11) is 2.00. The van der Waals surface area contributed by atoms with Crippen molar-refractivity contribution in [1.82, 2.24) is 5.32 Å². The maximum Gasteiger partial charge on any atom is 0.0207 e. The lowest BCUT2D eigenvalue weighted by Gasteiger charge is -2.19. The highest BCUT2D eigenvalue weighted by atomic mass is 14.8. The average molecular weight is 173 g/mol. The number of hydrogen-bond donors (Lipinski definition) is 1. The molecule has 0 radical (unpaired) electrons. The van der Waals surface area contributed by atoms with E-state index in [0.717, 1.165) is 6.42 Å². The Morgan fingerprint density at radius 1 is 1.46 bits per heavy atom. The summed E-state index contributed by atoms with van der Waals surface area (Å²) in [6, 6.07) is 0. The highest BCUT2D eigenvalue weighted by Crippen LogP contribution is 2.26. The zero-order chi connectivity index (χ0) is 9.26. The van der Waals surface area contributed by atoms with Gasteiger partial charge in [0.2, 0.25) is 0 Å². The third-order valence-electron chi connectivity index (χ3n) is 2.53. The van der Waals surface area contributed by atoms with Gasteiger partial charge in [-0.15, -0.1) is 0 Å². The van der Waals surface area contributed by atoms with E-state index in [1.54, 1.807) is 0 Å². The molecule has 2 aliphatic carbocycles. The van der Waals surface area contributed by atoms with Crippen molar-refractivity contribution in [1.29, 1.82) is 0 Å². The first-order valence-electron chi connectivity index (χ1n) is 4.78. The van der Waals surface area contributed by atoms with Gasteiger partial charge in [0.05, 0.1) is 0 Å². The first-order chi connectivity index (χ1) is 6.31. The van der Waals surface area contributed by atoms with Crippen molar-refractivity contribution in [2.45, 2.75) is 13.3 Å². The fourth-order valence-electron chi connectivity index (χ4n) is 1.77. The van der Waals surface area contributed by atoms with Crippen molar-refractivity contribution in [3.63, 3.8) is 0 Å². The van der Waals surface area contributed by atoms with Crippen LogP contribution < -0.4 is 5.32 Å². The van der Waals surface area contributed by atoms with Crippen molar-refractivity contribution in [2.24, 2.45) is 5.92 Å². The Morgan fingerprint density at radius 2 is 2.23 bits per heavy atom. The molecule has 2 rings (SSSR count). The molecule has 0 spiro atoms. The van der Waals surface area contributed by atoms with E-state index in [4.69, 9.17) is 0 Å². The normalized spacial score (nSPS) is 25.1. The zero-order valence-electron chi connectivity index (χ0n) is 8.17. The second kappa shape index (κ2) is 3.25. The van der Waals surface area contributed by atoms with Gasteiger partial charge in [-0.3, -0.25) is 0 Å². The van der Waals surface area contributed by atoms with Crippen LogP contribution >= 0.6 is 0 Å². The third kappa shape index (κ3) is 1.74. The molecule has 1 nitrogen and oxygen atoms in total. The molecule has 0 saturated heterocycles. The van der Waals surface area contributed by atoms with E-state index < -0.39 is 0 Å². The van der Waals surface area contributed by atoms with E-state index in [1.165, 1.54) is 16.8 Å². The molecule has 0 aromatic carbocycles. The molecule has 13 heavy (non-hydrogen) atoms. The van der Waals surface area contributed by atoms with Crippen LogP contribution in [0.15, 0.2) is 47.2 Å². The van der Waals surface area contributed by atoms with Gasteiger partial charge in [0.15, 0.2) is 0 Å². The molecule has 0 aromatic rings. The van der Waals surface area contributed by atoms with Crippen LogP contribution in [0.5, 0.6) is 0 Å². The smallest absolute Gasteiger partial charge is 0.0207 e. The van der Waals surface area contributed by atoms with Crippen LogP contribution in [0.4, 0.5) is 0 Å². The summed E-state index contributed by atoms with van der Waals surface area (Å²) in [4.78, 5) is 0. The third-order valence-corrected chi connectivity index (χ3v) is 2.53. The van der Waals surface area contributed by atoms with E-state index in [9.17, 15) is 0 Å². The van der Waals surface area contributed by atoms with E-state index in [2.05, 4.69) is 42.6 Å². The fourth-order valence-corrected chi connectivity index (χ4v) is 1.77. The molecule has 1 unspecified atom stereocenters. The van der Waals surface area contributed by atoms with Crippen molar-refractivity contribution in [2.75, 3.05) is 7.05 Å². The minimum atomic E-state index is 0.532. The summed E-state index contributed by atoms with van der Waals surface area (Å²) in [6.45, 7) is 2.22. The van der Waals surface area contributed by atoms with Gasteiger partial charge in [-0.1, -0.05) is 31.2 Å². The maximum atomic E-state index is 3.29. The van der Waals surface area contributed by atoms with Gasteiger partial charge in [-0.05, 0) is 23.6 Å². The van der Waals surface area contributed by atoms with Gasteiger partial charge in [-0.25, -0.2) is 0 Å². The molecule has 0 aromatic heterocycles. The second-order valence-electron chi connectivity index (χ2n) is 3.59. The minimum Gasteiger partial charge on any atom is -0.391 e. The molecule has 0 saturated carbocycles. The van der Waals surface area contributed by atoms with E-state index in [-0.39, 0.29) is 0 Å². The highest BCUT2D eigenvalue weighted by Gasteiger charge is 2.13. The van der Waals surface area contributed by atoms with Crippen molar-refractivity contribution in [3.8, 4) is 0 Å². The quantitative estimate of drug-likeness (QED) is 0.633. The average Bonchev–Trinajstić information content (AvgIpc) is 2.89. The molecule has 1 atom stereocenters. The van der Waals surface area contributed by atoms with Crippen molar-refractivity contribution < 1.29 is 0 Å². The lowest BCUT2D eigenvalue weighted by atomic mass is 9.94. The molecule has 1 N–H and O–H groups in total. The van der Waals surface area contributed by atoms with Crippen LogP contribution in [0, 0.1) is 5.92 Å². The Hall–Kier alpha value is -1.24. The molecule has 0 aliphatic heterocycles. The molecule has 0 bridgehead atoms. The highest BCUT2D eigenvalue weighted by molar-refractivity contribution is 5.52. The summed E-state index contributed by atoms with van der Waals surface area (Å²) >= 11 is 0. The summed E-state index contributed by atoms with van der Waals surface area (Å²) in [5, 5.41) is 3.29. The second-order valence-corrected chi connectivity index (χ2v) is 3.59. The monoisotopic (exact) mass is 173 g/mol. The van der Waals surface area contributed by atoms with Crippen LogP contribution in [0.25, 0.3) is 0 Å². The molecule has 1 heteroatoms. The SMILES string of the molecule is CNC1=C(C=C2C=C2)CC=CC1C. The van der Waals surface area contributed by atoms with E-state index in [1.807, 2.05) is 7.05 Å². The van der Waals surface area contributed by atoms with Crippen LogP contribution in [0.2, 0.25) is 0 Å². The van der Waals surface area contributed by atoms with Gasteiger partial charge < -0.3 is 5.32 Å². The molecule has 68 valence electrons. The van der Waals surface area contributed by atoms with Crippen LogP contribution in [-0.4, -0.2) is 7.05 Å². The summed E-state index contributed by atoms with van der Waals surface area (Å²) < 4.78 is 0. The van der Waals surface area contributed by atoms with Gasteiger partial charge in [0, 0.05) is 18.7 Å². The Balaban J connectivity index is 2.24. The van der Waals surface area contributed by atoms with Gasteiger partial charge >= 0.3 is 0 Å². The fraction of sp³-hybridized carbons (Fsp3) is 0.333. The van der Waals surface area contributed by atoms with E-state index in [0.29, 0.717) is 5.92 Å². The van der Waals surface area contributed by atoms with Crippen LogP contribution in [-0.2, 0) is 0 Å². The number of rotatable bonds is 2. The molecule has 2 aliphatic rings. The standard InChI is InChI=1S/C12H15N/c1-9-4-3-5-11(12(9)13-2)8-10-6-7-10/h3-4,6-9,13H,5H2,1-2H3. The van der Waals surface area contributed by atoms with Crippen molar-refractivity contribution in [3.05, 3.63) is 47.2 Å². The van der Waals surface area contributed by atoms with Crippen molar-refractivity contribution >= 4 is 0 Å². The molecular weight excluding hydrogens is 158 g/mol. The zero-order valence-corrected chi connectivity index (χ0v) is 8.17. The summed E-state index contributed by atoms with van der Waals surface area (Å²) in [6.07, 6.45) is 12.1. The molecular formula is C12H15N. The Bertz CT molecular complexity index is 321. The van der Waals surface area contributed by atoms with E-state index >= 15 is 0 Å². The predicted octanol–water partition coefficient (Wildman–Crippen LogP) is 2.55. The lowest BCUT2D eigenvalue weighted by Crippen LogP contribution is -2.17.